The third-order valence-corrected chi connectivity index (χ3v) is 4.25. The van der Waals surface area contributed by atoms with Crippen LogP contribution in [0.3, 0.4) is 0 Å². The molecule has 2 atom stereocenters. The summed E-state index contributed by atoms with van der Waals surface area (Å²) in [4.78, 5) is 71.2. The zero-order chi connectivity index (χ0) is 28.1. The van der Waals surface area contributed by atoms with E-state index in [1.54, 1.807) is 13.8 Å². The van der Waals surface area contributed by atoms with Gasteiger partial charge in [0.15, 0.2) is 12.2 Å². The van der Waals surface area contributed by atoms with E-state index in [-0.39, 0.29) is 25.7 Å². The molecule has 0 aromatic heterocycles. The molecule has 36 heavy (non-hydrogen) atoms. The Balaban J connectivity index is 4.87. The highest BCUT2D eigenvalue weighted by molar-refractivity contribution is 5.99. The monoisotopic (exact) mass is 516 g/mol. The second kappa shape index (κ2) is 15.1. The molecule has 0 spiro atoms. The Kier molecular flexibility index (Phi) is 13.8. The number of ether oxygens (including phenoxy) is 4. The molecule has 0 saturated heterocycles. The first kappa shape index (κ1) is 32.9. The van der Waals surface area contributed by atoms with Crippen molar-refractivity contribution >= 4 is 35.8 Å². The molecule has 0 aliphatic heterocycles. The molecule has 12 heteroatoms. The van der Waals surface area contributed by atoms with Crippen molar-refractivity contribution in [2.24, 2.45) is 0 Å². The standard InChI is InChI=1S/C24H40N2O10/c1-9-19(27)33-17(15-25(3,4)5)13-23(31)35-21(29)11-12-22(30)36-24(32)14-18(16-26(6,7)8)34-20(28)10-2/h11-12,17-18H,9-10,13-16H2,1-8H3/q+2/b12-11+/t17-,18-/m1/s1. The minimum atomic E-state index is -1.16. The minimum absolute atomic E-state index is 0.127. The summed E-state index contributed by atoms with van der Waals surface area (Å²) in [7, 11) is 11.1. The Morgan fingerprint density at radius 3 is 1.14 bits per heavy atom. The van der Waals surface area contributed by atoms with Gasteiger partial charge >= 0.3 is 35.8 Å². The van der Waals surface area contributed by atoms with Crippen molar-refractivity contribution in [2.45, 2.75) is 51.7 Å². The summed E-state index contributed by atoms with van der Waals surface area (Å²) in [6.07, 6.45) is -0.772. The van der Waals surface area contributed by atoms with Crippen LogP contribution >= 0.6 is 0 Å². The largest absolute Gasteiger partial charge is 0.456 e. The SMILES string of the molecule is CCC(=O)O[C@H](CC(=O)OC(=O)/C=C/C(=O)OC(=O)C[C@H](C[N+](C)(C)C)OC(=O)CC)C[N+](C)(C)C. The summed E-state index contributed by atoms with van der Waals surface area (Å²) >= 11 is 0. The molecule has 204 valence electrons. The van der Waals surface area contributed by atoms with Gasteiger partial charge in [-0.25, -0.2) is 9.59 Å². The second-order valence-corrected chi connectivity index (χ2v) is 10.2. The van der Waals surface area contributed by atoms with E-state index in [1.807, 2.05) is 42.3 Å². The fraction of sp³-hybridized carbons (Fsp3) is 0.667. The van der Waals surface area contributed by atoms with Crippen LogP contribution < -0.4 is 0 Å². The van der Waals surface area contributed by atoms with Gasteiger partial charge in [-0.3, -0.25) is 19.2 Å². The fourth-order valence-corrected chi connectivity index (χ4v) is 2.93. The topological polar surface area (TPSA) is 139 Å². The van der Waals surface area contributed by atoms with Crippen molar-refractivity contribution in [1.29, 1.82) is 0 Å². The lowest BCUT2D eigenvalue weighted by Gasteiger charge is -2.28. The van der Waals surface area contributed by atoms with Crippen LogP contribution in [0.2, 0.25) is 0 Å². The molecule has 0 unspecified atom stereocenters. The van der Waals surface area contributed by atoms with E-state index in [2.05, 4.69) is 9.47 Å². The van der Waals surface area contributed by atoms with Gasteiger partial charge in [-0.15, -0.1) is 0 Å². The molecule has 0 saturated carbocycles. The Morgan fingerprint density at radius 2 is 0.889 bits per heavy atom. The molecule has 0 bridgehead atoms. The molecule has 0 amide bonds. The summed E-state index contributed by atoms with van der Waals surface area (Å²) < 4.78 is 20.5. The van der Waals surface area contributed by atoms with Gasteiger partial charge in [-0.2, -0.15) is 0 Å². The third-order valence-electron chi connectivity index (χ3n) is 4.25. The Hall–Kier alpha value is -3.12. The second-order valence-electron chi connectivity index (χ2n) is 10.2. The van der Waals surface area contributed by atoms with Crippen molar-refractivity contribution in [3.63, 3.8) is 0 Å². The number of carbonyl (C=O) groups is 6. The predicted molar refractivity (Wildman–Crippen MR) is 127 cm³/mol. The van der Waals surface area contributed by atoms with E-state index in [1.165, 1.54) is 0 Å². The van der Waals surface area contributed by atoms with Gasteiger partial charge in [-0.1, -0.05) is 13.8 Å². The third kappa shape index (κ3) is 17.3. The quantitative estimate of drug-likeness (QED) is 0.106. The Morgan fingerprint density at radius 1 is 0.583 bits per heavy atom. The number of carbonyl (C=O) groups excluding carboxylic acids is 6. The summed E-state index contributed by atoms with van der Waals surface area (Å²) in [5.74, 6) is -5.19. The first-order valence-electron chi connectivity index (χ1n) is 11.6. The lowest BCUT2D eigenvalue weighted by atomic mass is 10.2. The zero-order valence-corrected chi connectivity index (χ0v) is 22.5. The molecule has 0 rings (SSSR count). The zero-order valence-electron chi connectivity index (χ0n) is 22.5. The van der Waals surface area contributed by atoms with Gasteiger partial charge in [0.25, 0.3) is 0 Å². The van der Waals surface area contributed by atoms with Crippen LogP contribution in [0.25, 0.3) is 0 Å². The first-order valence-corrected chi connectivity index (χ1v) is 11.6. The first-order chi connectivity index (χ1) is 16.4. The molecule has 0 N–H and O–H groups in total. The normalized spacial score (nSPS) is 13.4. The maximum Gasteiger partial charge on any atom is 0.338 e. The predicted octanol–water partition coefficient (Wildman–Crippen LogP) is 0.518. The molecule has 0 fully saturated rings. The number of nitrogens with zero attached hydrogens (tertiary/aromatic N) is 2. The molecular weight excluding hydrogens is 476 g/mol. The number of likely N-dealkylation sites (N-methyl/N-ethyl adjacent to an activating group) is 2. The number of hydrogen-bond donors (Lipinski definition) is 0. The van der Waals surface area contributed by atoms with E-state index in [9.17, 15) is 28.8 Å². The lowest BCUT2D eigenvalue weighted by Crippen LogP contribution is -2.44. The molecule has 0 aliphatic carbocycles. The molecule has 12 nitrogen and oxygen atoms in total. The van der Waals surface area contributed by atoms with Crippen LogP contribution in [0.5, 0.6) is 0 Å². The molecule has 0 heterocycles. The fourth-order valence-electron chi connectivity index (χ4n) is 2.93. The average molecular weight is 517 g/mol. The number of rotatable bonds is 14. The van der Waals surface area contributed by atoms with E-state index in [0.717, 1.165) is 0 Å². The van der Waals surface area contributed by atoms with Crippen LogP contribution in [-0.2, 0) is 47.7 Å². The van der Waals surface area contributed by atoms with Gasteiger partial charge in [-0.05, 0) is 0 Å². The van der Waals surface area contributed by atoms with Crippen LogP contribution in [0.4, 0.5) is 0 Å². The van der Waals surface area contributed by atoms with Gasteiger partial charge < -0.3 is 27.9 Å². The summed E-state index contributed by atoms with van der Waals surface area (Å²) in [6.45, 7) is 3.84. The minimum Gasteiger partial charge on any atom is -0.456 e. The highest BCUT2D eigenvalue weighted by atomic mass is 16.6. The number of hydrogen-bond acceptors (Lipinski definition) is 10. The average Bonchev–Trinajstić information content (AvgIpc) is 2.69. The van der Waals surface area contributed by atoms with Crippen molar-refractivity contribution in [1.82, 2.24) is 0 Å². The maximum atomic E-state index is 12.1. The van der Waals surface area contributed by atoms with Gasteiger partial charge in [0.1, 0.15) is 13.1 Å². The highest BCUT2D eigenvalue weighted by Gasteiger charge is 2.27. The molecule has 0 aromatic rings. The van der Waals surface area contributed by atoms with E-state index >= 15 is 0 Å². The lowest BCUT2D eigenvalue weighted by molar-refractivity contribution is -0.873. The van der Waals surface area contributed by atoms with E-state index < -0.39 is 48.0 Å². The van der Waals surface area contributed by atoms with Crippen molar-refractivity contribution in [3.05, 3.63) is 12.2 Å². The van der Waals surface area contributed by atoms with Crippen molar-refractivity contribution in [2.75, 3.05) is 55.4 Å². The van der Waals surface area contributed by atoms with E-state index in [0.29, 0.717) is 34.2 Å². The van der Waals surface area contributed by atoms with Crippen LogP contribution in [-0.4, -0.2) is 112 Å². The molecular formula is C24H40N2O10+2. The summed E-state index contributed by atoms with van der Waals surface area (Å²) in [5, 5.41) is 0. The number of quaternary nitrogens is 2. The van der Waals surface area contributed by atoms with E-state index in [4.69, 9.17) is 9.47 Å². The summed E-state index contributed by atoms with van der Waals surface area (Å²) in [6, 6.07) is 0. The van der Waals surface area contributed by atoms with Crippen molar-refractivity contribution in [3.8, 4) is 0 Å². The smallest absolute Gasteiger partial charge is 0.338 e. The molecule has 0 radical (unpaired) electrons. The molecule has 0 aromatic carbocycles. The number of esters is 6. The van der Waals surface area contributed by atoms with Crippen LogP contribution in [0.15, 0.2) is 12.2 Å². The van der Waals surface area contributed by atoms with Crippen LogP contribution in [0, 0.1) is 0 Å². The van der Waals surface area contributed by atoms with Gasteiger partial charge in [0.05, 0.1) is 55.1 Å². The van der Waals surface area contributed by atoms with Gasteiger partial charge in [0, 0.05) is 25.0 Å². The maximum absolute atomic E-state index is 12.1. The highest BCUT2D eigenvalue weighted by Crippen LogP contribution is 2.09. The Bertz CT molecular complexity index is 769. The summed E-state index contributed by atoms with van der Waals surface area (Å²) in [5.41, 5.74) is 0. The van der Waals surface area contributed by atoms with Gasteiger partial charge in [0.2, 0.25) is 0 Å². The van der Waals surface area contributed by atoms with Crippen LogP contribution in [0.1, 0.15) is 39.5 Å². The molecule has 0 aliphatic rings. The Labute approximate surface area is 212 Å². The van der Waals surface area contributed by atoms with Crippen molar-refractivity contribution < 1.29 is 56.7 Å².